The second-order valence-corrected chi connectivity index (χ2v) is 6.70. The molecule has 0 radical (unpaired) electrons. The lowest BCUT2D eigenvalue weighted by Gasteiger charge is -2.31. The van der Waals surface area contributed by atoms with E-state index in [9.17, 15) is 4.79 Å². The van der Waals surface area contributed by atoms with Crippen molar-refractivity contribution in [2.75, 3.05) is 47.3 Å². The Bertz CT molecular complexity index is 268. The summed E-state index contributed by atoms with van der Waals surface area (Å²) in [5, 5.41) is 3.13. The number of hydrogen-bond donors (Lipinski definition) is 1. The quantitative estimate of drug-likeness (QED) is 0.797. The summed E-state index contributed by atoms with van der Waals surface area (Å²) in [7, 11) is 6.26. The largest absolute Gasteiger partial charge is 0.355 e. The lowest BCUT2D eigenvalue weighted by Crippen LogP contribution is -2.44. The van der Waals surface area contributed by atoms with E-state index in [1.807, 2.05) is 0 Å². The maximum Gasteiger partial charge on any atom is 0.223 e. The summed E-state index contributed by atoms with van der Waals surface area (Å²) in [5.74, 6) is 0.464. The van der Waals surface area contributed by atoms with Gasteiger partial charge in [0, 0.05) is 19.0 Å². The minimum atomic E-state index is 0.130. The van der Waals surface area contributed by atoms with Gasteiger partial charge in [0.15, 0.2) is 0 Å². The van der Waals surface area contributed by atoms with Crippen molar-refractivity contribution in [1.29, 1.82) is 0 Å². The Morgan fingerprint density at radius 3 is 2.39 bits per heavy atom. The van der Waals surface area contributed by atoms with Crippen LogP contribution in [0, 0.1) is 11.3 Å². The van der Waals surface area contributed by atoms with Crippen LogP contribution in [0.25, 0.3) is 0 Å². The van der Waals surface area contributed by atoms with E-state index in [0.717, 1.165) is 39.0 Å². The Kier molecular flexibility index (Phi) is 5.60. The molecule has 0 spiro atoms. The van der Waals surface area contributed by atoms with E-state index in [2.05, 4.69) is 50.1 Å². The van der Waals surface area contributed by atoms with Crippen molar-refractivity contribution in [2.45, 2.75) is 26.7 Å². The molecule has 1 aliphatic heterocycles. The van der Waals surface area contributed by atoms with E-state index < -0.39 is 0 Å². The molecule has 1 amide bonds. The lowest BCUT2D eigenvalue weighted by atomic mass is 9.91. The summed E-state index contributed by atoms with van der Waals surface area (Å²) in [5.41, 5.74) is 0.130. The van der Waals surface area contributed by atoms with Crippen LogP contribution in [0.4, 0.5) is 0 Å². The number of carbonyl (C=O) groups is 1. The number of amides is 1. The van der Waals surface area contributed by atoms with Gasteiger partial charge in [-0.15, -0.1) is 0 Å². The minimum Gasteiger partial charge on any atom is -0.355 e. The molecule has 0 unspecified atom stereocenters. The van der Waals surface area contributed by atoms with Gasteiger partial charge in [-0.1, -0.05) is 13.8 Å². The zero-order chi connectivity index (χ0) is 13.8. The predicted octanol–water partition coefficient (Wildman–Crippen LogP) is 1.03. The Morgan fingerprint density at radius 2 is 1.89 bits per heavy atom. The van der Waals surface area contributed by atoms with Gasteiger partial charge in [0.2, 0.25) is 5.91 Å². The van der Waals surface area contributed by atoms with E-state index in [-0.39, 0.29) is 17.2 Å². The molecule has 1 aliphatic rings. The number of nitrogens with zero attached hydrogens (tertiary/aromatic N) is 2. The Hall–Kier alpha value is -0.610. The minimum absolute atomic E-state index is 0.130. The number of likely N-dealkylation sites (tertiary alicyclic amines) is 1. The number of rotatable bonds is 5. The molecule has 18 heavy (non-hydrogen) atoms. The maximum absolute atomic E-state index is 12.1. The highest BCUT2D eigenvalue weighted by atomic mass is 16.1. The van der Waals surface area contributed by atoms with Crippen LogP contribution >= 0.6 is 0 Å². The third kappa shape index (κ3) is 5.36. The molecular formula is C14H29N3O. The van der Waals surface area contributed by atoms with Crippen molar-refractivity contribution in [1.82, 2.24) is 15.1 Å². The fraction of sp³-hybridized carbons (Fsp3) is 0.929. The fourth-order valence-corrected chi connectivity index (χ4v) is 2.65. The monoisotopic (exact) mass is 255 g/mol. The summed E-state index contributed by atoms with van der Waals surface area (Å²) in [6.07, 6.45) is 1.99. The molecule has 106 valence electrons. The third-order valence-electron chi connectivity index (χ3n) is 3.57. The molecule has 1 rings (SSSR count). The first-order valence-electron chi connectivity index (χ1n) is 6.91. The van der Waals surface area contributed by atoms with Gasteiger partial charge in [-0.05, 0) is 52.5 Å². The van der Waals surface area contributed by atoms with Gasteiger partial charge in [-0.3, -0.25) is 4.79 Å². The maximum atomic E-state index is 12.1. The predicted molar refractivity (Wildman–Crippen MR) is 75.6 cm³/mol. The van der Waals surface area contributed by atoms with Gasteiger partial charge in [0.1, 0.15) is 0 Å². The van der Waals surface area contributed by atoms with Gasteiger partial charge in [0.25, 0.3) is 0 Å². The van der Waals surface area contributed by atoms with Crippen molar-refractivity contribution < 1.29 is 4.79 Å². The van der Waals surface area contributed by atoms with Crippen LogP contribution in [-0.2, 0) is 4.79 Å². The zero-order valence-corrected chi connectivity index (χ0v) is 12.6. The molecule has 0 aromatic rings. The van der Waals surface area contributed by atoms with Gasteiger partial charge >= 0.3 is 0 Å². The average Bonchev–Trinajstić information content (AvgIpc) is 2.25. The molecule has 0 bridgehead atoms. The highest BCUT2D eigenvalue weighted by molar-refractivity contribution is 5.78. The summed E-state index contributed by atoms with van der Waals surface area (Å²) >= 11 is 0. The first-order valence-corrected chi connectivity index (χ1v) is 6.91. The number of carbonyl (C=O) groups excluding carboxylic acids is 1. The van der Waals surface area contributed by atoms with Gasteiger partial charge in [-0.2, -0.15) is 0 Å². The van der Waals surface area contributed by atoms with Gasteiger partial charge < -0.3 is 15.1 Å². The smallest absolute Gasteiger partial charge is 0.223 e. The van der Waals surface area contributed by atoms with Crippen molar-refractivity contribution in [2.24, 2.45) is 11.3 Å². The van der Waals surface area contributed by atoms with Crippen LogP contribution in [-0.4, -0.2) is 63.0 Å². The summed E-state index contributed by atoms with van der Waals surface area (Å²) in [6, 6.07) is 0. The van der Waals surface area contributed by atoms with Crippen LogP contribution in [0.1, 0.15) is 26.7 Å². The fourth-order valence-electron chi connectivity index (χ4n) is 2.65. The van der Waals surface area contributed by atoms with E-state index in [0.29, 0.717) is 0 Å². The summed E-state index contributed by atoms with van der Waals surface area (Å²) < 4.78 is 0. The van der Waals surface area contributed by atoms with Crippen LogP contribution in [0.15, 0.2) is 0 Å². The topological polar surface area (TPSA) is 35.6 Å². The second kappa shape index (κ2) is 6.53. The molecule has 1 saturated heterocycles. The first kappa shape index (κ1) is 15.4. The molecular weight excluding hydrogens is 226 g/mol. The average molecular weight is 255 g/mol. The van der Waals surface area contributed by atoms with E-state index in [1.54, 1.807) is 0 Å². The standard InChI is InChI=1S/C14H29N3O/c1-14(2,11-16(3)4)10-15-13(18)12-6-8-17(5)9-7-12/h12H,6-11H2,1-5H3,(H,15,18). The molecule has 0 aromatic carbocycles. The summed E-state index contributed by atoms with van der Waals surface area (Å²) in [4.78, 5) is 16.6. The molecule has 1 heterocycles. The SMILES string of the molecule is CN(C)CC(C)(C)CNC(=O)C1CCN(C)CC1. The number of piperidine rings is 1. The number of hydrogen-bond acceptors (Lipinski definition) is 3. The Morgan fingerprint density at radius 1 is 1.33 bits per heavy atom. The van der Waals surface area contributed by atoms with E-state index in [4.69, 9.17) is 0 Å². The van der Waals surface area contributed by atoms with Crippen molar-refractivity contribution in [3.63, 3.8) is 0 Å². The van der Waals surface area contributed by atoms with Gasteiger partial charge in [-0.25, -0.2) is 0 Å². The van der Waals surface area contributed by atoms with Crippen LogP contribution in [0.2, 0.25) is 0 Å². The van der Waals surface area contributed by atoms with Crippen molar-refractivity contribution >= 4 is 5.91 Å². The van der Waals surface area contributed by atoms with Crippen LogP contribution < -0.4 is 5.32 Å². The highest BCUT2D eigenvalue weighted by Crippen LogP contribution is 2.18. The highest BCUT2D eigenvalue weighted by Gasteiger charge is 2.25. The first-order chi connectivity index (χ1) is 8.30. The molecule has 4 nitrogen and oxygen atoms in total. The van der Waals surface area contributed by atoms with Gasteiger partial charge in [0.05, 0.1) is 0 Å². The Balaban J connectivity index is 2.32. The van der Waals surface area contributed by atoms with Crippen molar-refractivity contribution in [3.8, 4) is 0 Å². The van der Waals surface area contributed by atoms with Crippen LogP contribution in [0.3, 0.4) is 0 Å². The molecule has 0 atom stereocenters. The molecule has 0 saturated carbocycles. The molecule has 1 fully saturated rings. The zero-order valence-electron chi connectivity index (χ0n) is 12.6. The van der Waals surface area contributed by atoms with E-state index in [1.165, 1.54) is 0 Å². The van der Waals surface area contributed by atoms with E-state index >= 15 is 0 Å². The molecule has 4 heteroatoms. The third-order valence-corrected chi connectivity index (χ3v) is 3.57. The number of nitrogens with one attached hydrogen (secondary N) is 1. The molecule has 1 N–H and O–H groups in total. The second-order valence-electron chi connectivity index (χ2n) is 6.70. The molecule has 0 aliphatic carbocycles. The summed E-state index contributed by atoms with van der Waals surface area (Å²) in [6.45, 7) is 8.22. The molecule has 0 aromatic heterocycles. The lowest BCUT2D eigenvalue weighted by molar-refractivity contribution is -0.126. The van der Waals surface area contributed by atoms with Crippen molar-refractivity contribution in [3.05, 3.63) is 0 Å². The van der Waals surface area contributed by atoms with Crippen LogP contribution in [0.5, 0.6) is 0 Å². The Labute approximate surface area is 112 Å². The normalized spacial score (nSPS) is 19.2.